The van der Waals surface area contributed by atoms with Crippen molar-refractivity contribution in [3.63, 3.8) is 0 Å². The predicted octanol–water partition coefficient (Wildman–Crippen LogP) is 2.57. The fourth-order valence-electron chi connectivity index (χ4n) is 1.69. The number of nitrogens with zero attached hydrogens (tertiary/aromatic N) is 2. The molecule has 2 aromatic rings. The average molecular weight is 252 g/mol. The monoisotopic (exact) mass is 251 g/mol. The number of nitrogens with two attached hydrogens (primary N) is 1. The highest BCUT2D eigenvalue weighted by atomic mass is 35.5. The van der Waals surface area contributed by atoms with E-state index in [2.05, 4.69) is 30.2 Å². The van der Waals surface area contributed by atoms with E-state index < -0.39 is 0 Å². The maximum absolute atomic E-state index is 5.95. The molecule has 0 spiro atoms. The van der Waals surface area contributed by atoms with Crippen molar-refractivity contribution in [3.05, 3.63) is 48.3 Å². The quantitative estimate of drug-likeness (QED) is 0.908. The van der Waals surface area contributed by atoms with Crippen LogP contribution in [0.5, 0.6) is 0 Å². The first-order valence-corrected chi connectivity index (χ1v) is 5.64. The standard InChI is InChI=1S/C13H17N3.ClH/c1-2-12(14)9-11-5-3-6-13(10-11)16-8-4-7-15-16;/h3-8,10,12H,2,9,14H2,1H3;1H. The summed E-state index contributed by atoms with van der Waals surface area (Å²) in [6.45, 7) is 2.11. The van der Waals surface area contributed by atoms with Crippen LogP contribution in [0.3, 0.4) is 0 Å². The number of rotatable bonds is 4. The molecule has 4 heteroatoms. The van der Waals surface area contributed by atoms with Gasteiger partial charge in [-0.05, 0) is 36.6 Å². The second-order valence-corrected chi connectivity index (χ2v) is 3.99. The Balaban J connectivity index is 0.00000144. The molecule has 2 rings (SSSR count). The molecular weight excluding hydrogens is 234 g/mol. The molecule has 92 valence electrons. The molecular formula is C13H18ClN3. The van der Waals surface area contributed by atoms with Gasteiger partial charge in [0.1, 0.15) is 0 Å². The third kappa shape index (κ3) is 3.58. The van der Waals surface area contributed by atoms with Crippen molar-refractivity contribution in [3.8, 4) is 5.69 Å². The van der Waals surface area contributed by atoms with E-state index in [0.29, 0.717) is 0 Å². The van der Waals surface area contributed by atoms with Crippen LogP contribution in [0.1, 0.15) is 18.9 Å². The van der Waals surface area contributed by atoms with E-state index in [1.54, 1.807) is 6.20 Å². The van der Waals surface area contributed by atoms with Crippen LogP contribution >= 0.6 is 12.4 Å². The lowest BCUT2D eigenvalue weighted by Gasteiger charge is -2.10. The molecule has 0 aliphatic rings. The smallest absolute Gasteiger partial charge is 0.0648 e. The molecule has 0 saturated carbocycles. The zero-order valence-corrected chi connectivity index (χ0v) is 10.7. The Morgan fingerprint density at radius 2 is 2.18 bits per heavy atom. The number of benzene rings is 1. The molecule has 1 heterocycles. The Kier molecular flexibility index (Phi) is 5.19. The van der Waals surface area contributed by atoms with Crippen LogP contribution < -0.4 is 5.73 Å². The Bertz CT molecular complexity index is 440. The zero-order valence-electron chi connectivity index (χ0n) is 9.91. The molecule has 0 amide bonds. The third-order valence-electron chi connectivity index (χ3n) is 2.70. The van der Waals surface area contributed by atoms with Crippen molar-refractivity contribution in [2.75, 3.05) is 0 Å². The van der Waals surface area contributed by atoms with Crippen molar-refractivity contribution >= 4 is 12.4 Å². The van der Waals surface area contributed by atoms with Crippen LogP contribution in [-0.2, 0) is 6.42 Å². The second kappa shape index (κ2) is 6.42. The summed E-state index contributed by atoms with van der Waals surface area (Å²) in [6.07, 6.45) is 5.65. The lowest BCUT2D eigenvalue weighted by atomic mass is 10.0. The van der Waals surface area contributed by atoms with E-state index in [-0.39, 0.29) is 18.4 Å². The molecule has 0 aliphatic heterocycles. The number of hydrogen-bond acceptors (Lipinski definition) is 2. The van der Waals surface area contributed by atoms with E-state index >= 15 is 0 Å². The number of hydrogen-bond donors (Lipinski definition) is 1. The van der Waals surface area contributed by atoms with Gasteiger partial charge in [-0.15, -0.1) is 12.4 Å². The summed E-state index contributed by atoms with van der Waals surface area (Å²) >= 11 is 0. The van der Waals surface area contributed by atoms with Gasteiger partial charge < -0.3 is 5.73 Å². The molecule has 0 aliphatic carbocycles. The van der Waals surface area contributed by atoms with Crippen LogP contribution in [0.25, 0.3) is 5.69 Å². The van der Waals surface area contributed by atoms with E-state index in [9.17, 15) is 0 Å². The first kappa shape index (κ1) is 13.7. The van der Waals surface area contributed by atoms with Gasteiger partial charge in [-0.3, -0.25) is 0 Å². The molecule has 1 atom stereocenters. The predicted molar refractivity (Wildman–Crippen MR) is 72.8 cm³/mol. The lowest BCUT2D eigenvalue weighted by Crippen LogP contribution is -2.21. The van der Waals surface area contributed by atoms with Crippen molar-refractivity contribution in [1.82, 2.24) is 9.78 Å². The first-order chi connectivity index (χ1) is 7.79. The SMILES string of the molecule is CCC(N)Cc1cccc(-n2cccn2)c1.Cl. The van der Waals surface area contributed by atoms with E-state index in [1.807, 2.05) is 23.0 Å². The van der Waals surface area contributed by atoms with Gasteiger partial charge in [0.05, 0.1) is 5.69 Å². The van der Waals surface area contributed by atoms with Crippen molar-refractivity contribution < 1.29 is 0 Å². The second-order valence-electron chi connectivity index (χ2n) is 3.99. The van der Waals surface area contributed by atoms with Gasteiger partial charge >= 0.3 is 0 Å². The topological polar surface area (TPSA) is 43.8 Å². The van der Waals surface area contributed by atoms with Crippen LogP contribution in [0, 0.1) is 0 Å². The Morgan fingerprint density at radius 3 is 2.82 bits per heavy atom. The minimum atomic E-state index is 0. The lowest BCUT2D eigenvalue weighted by molar-refractivity contribution is 0.646. The molecule has 0 saturated heterocycles. The molecule has 0 fully saturated rings. The fraction of sp³-hybridized carbons (Fsp3) is 0.308. The first-order valence-electron chi connectivity index (χ1n) is 5.64. The average Bonchev–Trinajstić information content (AvgIpc) is 2.83. The zero-order chi connectivity index (χ0) is 11.4. The van der Waals surface area contributed by atoms with Gasteiger partial charge in [-0.1, -0.05) is 19.1 Å². The summed E-state index contributed by atoms with van der Waals surface area (Å²) in [6, 6.07) is 10.5. The van der Waals surface area contributed by atoms with E-state index in [0.717, 1.165) is 18.5 Å². The van der Waals surface area contributed by atoms with Gasteiger partial charge in [0.15, 0.2) is 0 Å². The highest BCUT2D eigenvalue weighted by molar-refractivity contribution is 5.85. The summed E-state index contributed by atoms with van der Waals surface area (Å²) in [4.78, 5) is 0. The summed E-state index contributed by atoms with van der Waals surface area (Å²) in [5.74, 6) is 0. The number of halogens is 1. The minimum Gasteiger partial charge on any atom is -0.327 e. The molecule has 1 aromatic heterocycles. The van der Waals surface area contributed by atoms with Crippen LogP contribution in [0.2, 0.25) is 0 Å². The molecule has 3 nitrogen and oxygen atoms in total. The van der Waals surface area contributed by atoms with Gasteiger partial charge in [0.2, 0.25) is 0 Å². The highest BCUT2D eigenvalue weighted by Gasteiger charge is 2.03. The fourth-order valence-corrected chi connectivity index (χ4v) is 1.69. The molecule has 1 unspecified atom stereocenters. The van der Waals surface area contributed by atoms with Crippen LogP contribution in [0.4, 0.5) is 0 Å². The van der Waals surface area contributed by atoms with Crippen LogP contribution in [-0.4, -0.2) is 15.8 Å². The van der Waals surface area contributed by atoms with Gasteiger partial charge in [0.25, 0.3) is 0 Å². The maximum atomic E-state index is 5.95. The minimum absolute atomic E-state index is 0. The highest BCUT2D eigenvalue weighted by Crippen LogP contribution is 2.11. The molecule has 1 aromatic carbocycles. The molecule has 0 bridgehead atoms. The third-order valence-corrected chi connectivity index (χ3v) is 2.70. The van der Waals surface area contributed by atoms with E-state index in [4.69, 9.17) is 5.73 Å². The summed E-state index contributed by atoms with van der Waals surface area (Å²) in [5.41, 5.74) is 8.31. The molecule has 17 heavy (non-hydrogen) atoms. The Morgan fingerprint density at radius 1 is 1.35 bits per heavy atom. The molecule has 2 N–H and O–H groups in total. The summed E-state index contributed by atoms with van der Waals surface area (Å²) in [7, 11) is 0. The van der Waals surface area contributed by atoms with Crippen LogP contribution in [0.15, 0.2) is 42.7 Å². The van der Waals surface area contributed by atoms with E-state index in [1.165, 1.54) is 5.56 Å². The van der Waals surface area contributed by atoms with Gasteiger partial charge in [-0.25, -0.2) is 4.68 Å². The maximum Gasteiger partial charge on any atom is 0.0648 e. The van der Waals surface area contributed by atoms with Crippen molar-refractivity contribution in [2.45, 2.75) is 25.8 Å². The Labute approximate surface area is 108 Å². The number of aromatic nitrogens is 2. The Hall–Kier alpha value is -1.32. The molecule has 0 radical (unpaired) electrons. The van der Waals surface area contributed by atoms with Gasteiger partial charge in [0, 0.05) is 18.4 Å². The van der Waals surface area contributed by atoms with Crippen molar-refractivity contribution in [1.29, 1.82) is 0 Å². The largest absolute Gasteiger partial charge is 0.327 e. The normalized spacial score (nSPS) is 11.9. The van der Waals surface area contributed by atoms with Crippen molar-refractivity contribution in [2.24, 2.45) is 5.73 Å². The van der Waals surface area contributed by atoms with Gasteiger partial charge in [-0.2, -0.15) is 5.10 Å². The summed E-state index contributed by atoms with van der Waals surface area (Å²) < 4.78 is 1.86. The summed E-state index contributed by atoms with van der Waals surface area (Å²) in [5, 5.41) is 4.21.